The van der Waals surface area contributed by atoms with Gasteiger partial charge in [0.15, 0.2) is 5.78 Å². The lowest BCUT2D eigenvalue weighted by atomic mass is 9.81. The monoisotopic (exact) mass is 484 g/mol. The van der Waals surface area contributed by atoms with Crippen molar-refractivity contribution in [3.05, 3.63) is 70.8 Å². The van der Waals surface area contributed by atoms with Gasteiger partial charge in [-0.25, -0.2) is 13.6 Å². The minimum absolute atomic E-state index is 0.0647. The molecule has 35 heavy (non-hydrogen) atoms. The molecule has 2 aliphatic rings. The Hall–Kier alpha value is -3.13. The molecule has 1 heterocycles. The van der Waals surface area contributed by atoms with Gasteiger partial charge < -0.3 is 15.7 Å². The second kappa shape index (κ2) is 10.6. The number of rotatable bonds is 7. The lowest BCUT2D eigenvalue weighted by Crippen LogP contribution is -2.46. The first-order valence-electron chi connectivity index (χ1n) is 12.1. The first-order valence-corrected chi connectivity index (χ1v) is 12.1. The maximum atomic E-state index is 14.6. The van der Waals surface area contributed by atoms with Crippen LogP contribution in [0.1, 0.15) is 59.5 Å². The molecule has 2 aromatic carbocycles. The number of hydrogen-bond acceptors (Lipinski definition) is 4. The highest BCUT2D eigenvalue weighted by Crippen LogP contribution is 2.38. The Balaban J connectivity index is 1.60. The van der Waals surface area contributed by atoms with Gasteiger partial charge in [0, 0.05) is 24.8 Å². The normalized spacial score (nSPS) is 24.4. The summed E-state index contributed by atoms with van der Waals surface area (Å²) in [4.78, 5) is 39.8. The molecule has 0 spiro atoms. The van der Waals surface area contributed by atoms with Crippen LogP contribution in [-0.2, 0) is 16.0 Å². The first-order chi connectivity index (χ1) is 16.8. The zero-order valence-electron chi connectivity index (χ0n) is 19.5. The van der Waals surface area contributed by atoms with Crippen LogP contribution in [0.2, 0.25) is 0 Å². The van der Waals surface area contributed by atoms with Crippen LogP contribution in [0.3, 0.4) is 0 Å². The molecule has 0 unspecified atom stereocenters. The summed E-state index contributed by atoms with van der Waals surface area (Å²) in [6, 6.07) is 10.0. The number of halogens is 2. The van der Waals surface area contributed by atoms with E-state index in [-0.39, 0.29) is 29.1 Å². The summed E-state index contributed by atoms with van der Waals surface area (Å²) in [6.07, 6.45) is 3.37. The molecule has 0 bridgehead atoms. The van der Waals surface area contributed by atoms with Crippen LogP contribution < -0.4 is 5.73 Å². The predicted molar refractivity (Wildman–Crippen MR) is 126 cm³/mol. The number of carboxylic acid groups (broad SMARTS) is 1. The van der Waals surface area contributed by atoms with Crippen LogP contribution in [0, 0.1) is 23.5 Å². The predicted octanol–water partition coefficient (Wildman–Crippen LogP) is 3.92. The molecular weight excluding hydrogens is 454 g/mol. The number of aromatic carboxylic acids is 1. The van der Waals surface area contributed by atoms with Crippen molar-refractivity contribution >= 4 is 17.7 Å². The van der Waals surface area contributed by atoms with Crippen molar-refractivity contribution in [3.63, 3.8) is 0 Å². The van der Waals surface area contributed by atoms with Gasteiger partial charge >= 0.3 is 5.97 Å². The Morgan fingerprint density at radius 2 is 1.66 bits per heavy atom. The lowest BCUT2D eigenvalue weighted by molar-refractivity contribution is -0.142. The average molecular weight is 485 g/mol. The highest BCUT2D eigenvalue weighted by molar-refractivity contribution is 5.93. The number of ketones is 1. The molecule has 186 valence electrons. The molecule has 2 fully saturated rings. The smallest absolute Gasteiger partial charge is 0.338 e. The standard InChI is InChI=1S/C27H30F2N2O4/c28-22-14-21(27(34)35)23(29)12-19(22)13-24(32)25-20(17-4-2-1-3-5-17)10-11-31(25)26(33)18-8-6-16(15-30)7-9-18/h1-5,12,14,16,18,20,25H,6-11,13,15,30H2,(H,34,35)/t16?,18?,20-,25+/m1/s1. The van der Waals surface area contributed by atoms with E-state index in [4.69, 9.17) is 10.8 Å². The van der Waals surface area contributed by atoms with Crippen LogP contribution in [0.15, 0.2) is 42.5 Å². The van der Waals surface area contributed by atoms with E-state index >= 15 is 0 Å². The molecule has 2 aromatic rings. The Bertz CT molecular complexity index is 1100. The number of carboxylic acids is 1. The maximum Gasteiger partial charge on any atom is 0.338 e. The number of carbonyl (C=O) groups excluding carboxylic acids is 2. The Morgan fingerprint density at radius 3 is 2.29 bits per heavy atom. The highest BCUT2D eigenvalue weighted by Gasteiger charge is 2.44. The summed E-state index contributed by atoms with van der Waals surface area (Å²) in [5.74, 6) is -4.10. The van der Waals surface area contributed by atoms with Gasteiger partial charge in [0.1, 0.15) is 11.6 Å². The van der Waals surface area contributed by atoms with Gasteiger partial charge in [0.05, 0.1) is 11.6 Å². The van der Waals surface area contributed by atoms with Gasteiger partial charge in [-0.1, -0.05) is 30.3 Å². The molecule has 8 heteroatoms. The Morgan fingerprint density at radius 1 is 0.971 bits per heavy atom. The minimum atomic E-state index is -1.58. The molecular formula is C27H30F2N2O4. The molecule has 0 aromatic heterocycles. The number of likely N-dealkylation sites (tertiary alicyclic amines) is 1. The molecule has 0 radical (unpaired) electrons. The number of Topliss-reactive ketones (excluding diaryl/α,β-unsaturated/α-hetero) is 1. The van der Waals surface area contributed by atoms with E-state index in [0.717, 1.165) is 37.3 Å². The minimum Gasteiger partial charge on any atom is -0.478 e. The second-order valence-electron chi connectivity index (χ2n) is 9.61. The number of benzene rings is 2. The summed E-state index contributed by atoms with van der Waals surface area (Å²) in [5, 5.41) is 9.02. The molecule has 1 saturated heterocycles. The molecule has 1 amide bonds. The van der Waals surface area contributed by atoms with Gasteiger partial charge in [-0.05, 0) is 67.8 Å². The van der Waals surface area contributed by atoms with Crippen molar-refractivity contribution in [2.75, 3.05) is 13.1 Å². The molecule has 3 N–H and O–H groups in total. The summed E-state index contributed by atoms with van der Waals surface area (Å²) >= 11 is 0. The van der Waals surface area contributed by atoms with E-state index in [1.165, 1.54) is 0 Å². The molecule has 6 nitrogen and oxygen atoms in total. The molecule has 2 atom stereocenters. The van der Waals surface area contributed by atoms with Crippen molar-refractivity contribution in [1.82, 2.24) is 4.90 Å². The van der Waals surface area contributed by atoms with Crippen LogP contribution in [-0.4, -0.2) is 46.8 Å². The zero-order chi connectivity index (χ0) is 25.1. The number of nitrogens with zero attached hydrogens (tertiary/aromatic N) is 1. The average Bonchev–Trinajstić information content (AvgIpc) is 3.31. The molecule has 1 aliphatic heterocycles. The van der Waals surface area contributed by atoms with Crippen molar-refractivity contribution < 1.29 is 28.3 Å². The van der Waals surface area contributed by atoms with Gasteiger partial charge in [-0.15, -0.1) is 0 Å². The van der Waals surface area contributed by atoms with Crippen LogP contribution >= 0.6 is 0 Å². The second-order valence-corrected chi connectivity index (χ2v) is 9.61. The fourth-order valence-corrected chi connectivity index (χ4v) is 5.55. The van der Waals surface area contributed by atoms with Crippen LogP contribution in [0.5, 0.6) is 0 Å². The van der Waals surface area contributed by atoms with Crippen molar-refractivity contribution in [3.8, 4) is 0 Å². The summed E-state index contributed by atoms with van der Waals surface area (Å²) in [5.41, 5.74) is 5.70. The van der Waals surface area contributed by atoms with Gasteiger partial charge in [-0.3, -0.25) is 9.59 Å². The van der Waals surface area contributed by atoms with E-state index < -0.39 is 35.6 Å². The van der Waals surface area contributed by atoms with E-state index in [2.05, 4.69) is 0 Å². The lowest BCUT2D eigenvalue weighted by Gasteiger charge is -2.33. The highest BCUT2D eigenvalue weighted by atomic mass is 19.1. The number of carbonyl (C=O) groups is 3. The number of amides is 1. The van der Waals surface area contributed by atoms with Crippen molar-refractivity contribution in [1.29, 1.82) is 0 Å². The fraction of sp³-hybridized carbons (Fsp3) is 0.444. The summed E-state index contributed by atoms with van der Waals surface area (Å²) in [6.45, 7) is 1.02. The number of nitrogens with two attached hydrogens (primary N) is 1. The SMILES string of the molecule is NCC1CCC(C(=O)N2CC[C@H](c3ccccc3)[C@H]2C(=O)Cc2cc(F)c(C(=O)O)cc2F)CC1. The largest absolute Gasteiger partial charge is 0.478 e. The summed E-state index contributed by atoms with van der Waals surface area (Å²) in [7, 11) is 0. The third-order valence-corrected chi connectivity index (χ3v) is 7.50. The topological polar surface area (TPSA) is 101 Å². The molecule has 1 saturated carbocycles. The van der Waals surface area contributed by atoms with Crippen LogP contribution in [0.25, 0.3) is 0 Å². The van der Waals surface area contributed by atoms with Gasteiger partial charge in [0.25, 0.3) is 0 Å². The van der Waals surface area contributed by atoms with E-state index in [0.29, 0.717) is 31.5 Å². The van der Waals surface area contributed by atoms with E-state index in [9.17, 15) is 23.2 Å². The quantitative estimate of drug-likeness (QED) is 0.620. The van der Waals surface area contributed by atoms with E-state index in [1.807, 2.05) is 30.3 Å². The number of hydrogen-bond donors (Lipinski definition) is 2. The zero-order valence-corrected chi connectivity index (χ0v) is 19.5. The molecule has 4 rings (SSSR count). The summed E-state index contributed by atoms with van der Waals surface area (Å²) < 4.78 is 28.8. The van der Waals surface area contributed by atoms with Gasteiger partial charge in [0.2, 0.25) is 5.91 Å². The first kappa shape index (κ1) is 25.0. The van der Waals surface area contributed by atoms with Crippen molar-refractivity contribution in [2.45, 2.75) is 50.5 Å². The Kier molecular flexibility index (Phi) is 7.60. The third-order valence-electron chi connectivity index (χ3n) is 7.50. The van der Waals surface area contributed by atoms with Crippen LogP contribution in [0.4, 0.5) is 8.78 Å². The maximum absolute atomic E-state index is 14.6. The van der Waals surface area contributed by atoms with Gasteiger partial charge in [-0.2, -0.15) is 0 Å². The van der Waals surface area contributed by atoms with E-state index in [1.54, 1.807) is 4.90 Å². The molecule has 1 aliphatic carbocycles. The Labute approximate surface area is 203 Å². The third kappa shape index (κ3) is 5.27. The fourth-order valence-electron chi connectivity index (χ4n) is 5.55. The van der Waals surface area contributed by atoms with Crippen molar-refractivity contribution in [2.24, 2.45) is 17.6 Å².